The third-order valence-electron chi connectivity index (χ3n) is 4.29. The van der Waals surface area contributed by atoms with Crippen molar-refractivity contribution in [1.82, 2.24) is 0 Å². The van der Waals surface area contributed by atoms with E-state index < -0.39 is 21.8 Å². The van der Waals surface area contributed by atoms with Crippen LogP contribution in [0.15, 0.2) is 55.1 Å². The Kier molecular flexibility index (Phi) is 4.70. The Hall–Kier alpha value is -2.86. The van der Waals surface area contributed by atoms with Crippen molar-refractivity contribution in [3.63, 3.8) is 0 Å². The highest BCUT2D eigenvalue weighted by molar-refractivity contribution is 6.37. The van der Waals surface area contributed by atoms with Crippen molar-refractivity contribution >= 4 is 17.4 Å². The molecular formula is C19H16ClNO5. The molecule has 134 valence electrons. The lowest BCUT2D eigenvalue weighted by molar-refractivity contribution is -0.536. The number of hydrogen-bond acceptors (Lipinski definition) is 5. The number of carbonyl (C=O) groups is 1. The van der Waals surface area contributed by atoms with Crippen LogP contribution in [0.3, 0.4) is 0 Å². The zero-order chi connectivity index (χ0) is 18.9. The molecule has 26 heavy (non-hydrogen) atoms. The highest BCUT2D eigenvalue weighted by atomic mass is 35.5. The fraction of sp³-hybridized carbons (Fsp3) is 0.211. The molecule has 0 aromatic heterocycles. The first-order chi connectivity index (χ1) is 12.4. The van der Waals surface area contributed by atoms with Gasteiger partial charge in [0.15, 0.2) is 0 Å². The molecule has 1 aliphatic heterocycles. The molecule has 0 saturated carbocycles. The van der Waals surface area contributed by atoms with E-state index in [-0.39, 0.29) is 11.3 Å². The highest BCUT2D eigenvalue weighted by Crippen LogP contribution is 2.48. The Labute approximate surface area is 155 Å². The molecular weight excluding hydrogens is 358 g/mol. The standard InChI is InChI=1S/C19H16ClNO5/c1-3-7-12-8-6-10-14-16(12)26-18(19(20,17(14)22)21(23)24)13-9-4-5-11-15(13)25-2/h3-6,8-11,18H,1,7H2,2H3/t18-,19+/m0/s1. The summed E-state index contributed by atoms with van der Waals surface area (Å²) in [6, 6.07) is 11.5. The molecule has 3 rings (SSSR count). The Morgan fingerprint density at radius 1 is 1.35 bits per heavy atom. The number of nitrogens with zero attached hydrogens (tertiary/aromatic N) is 1. The Morgan fingerprint density at radius 2 is 2.08 bits per heavy atom. The molecule has 0 amide bonds. The SMILES string of the molecule is C=CCc1cccc2c1O[C@@H](c1ccccc1OC)[C@](Cl)([N+](=O)[O-])C2=O. The molecule has 6 nitrogen and oxygen atoms in total. The van der Waals surface area contributed by atoms with E-state index in [2.05, 4.69) is 6.58 Å². The Bertz CT molecular complexity index is 897. The molecule has 0 N–H and O–H groups in total. The zero-order valence-corrected chi connectivity index (χ0v) is 14.7. The van der Waals surface area contributed by atoms with E-state index in [0.29, 0.717) is 23.3 Å². The van der Waals surface area contributed by atoms with Crippen LogP contribution in [0.25, 0.3) is 0 Å². The first-order valence-corrected chi connectivity index (χ1v) is 8.23. The van der Waals surface area contributed by atoms with Gasteiger partial charge in [0.2, 0.25) is 6.10 Å². The third kappa shape index (κ3) is 2.63. The van der Waals surface area contributed by atoms with Gasteiger partial charge in [-0.1, -0.05) is 36.4 Å². The second-order valence-electron chi connectivity index (χ2n) is 5.79. The van der Waals surface area contributed by atoms with Crippen LogP contribution < -0.4 is 9.47 Å². The topological polar surface area (TPSA) is 78.7 Å². The van der Waals surface area contributed by atoms with Crippen LogP contribution in [0.2, 0.25) is 0 Å². The monoisotopic (exact) mass is 373 g/mol. The van der Waals surface area contributed by atoms with Gasteiger partial charge >= 0.3 is 5.00 Å². The number of hydrogen-bond donors (Lipinski definition) is 0. The number of halogens is 1. The molecule has 1 heterocycles. The van der Waals surface area contributed by atoms with Crippen molar-refractivity contribution < 1.29 is 19.2 Å². The van der Waals surface area contributed by atoms with Gasteiger partial charge in [-0.05, 0) is 35.7 Å². The lowest BCUT2D eigenvalue weighted by atomic mass is 9.89. The van der Waals surface area contributed by atoms with Crippen LogP contribution in [-0.4, -0.2) is 22.8 Å². The third-order valence-corrected chi connectivity index (χ3v) is 4.80. The zero-order valence-electron chi connectivity index (χ0n) is 14.0. The van der Waals surface area contributed by atoms with Crippen molar-refractivity contribution in [2.24, 2.45) is 0 Å². The maximum absolute atomic E-state index is 13.0. The van der Waals surface area contributed by atoms with Crippen LogP contribution in [0.4, 0.5) is 0 Å². The van der Waals surface area contributed by atoms with E-state index in [4.69, 9.17) is 21.1 Å². The van der Waals surface area contributed by atoms with Crippen molar-refractivity contribution in [3.05, 3.63) is 81.9 Å². The molecule has 7 heteroatoms. The van der Waals surface area contributed by atoms with Crippen LogP contribution in [-0.2, 0) is 6.42 Å². The first-order valence-electron chi connectivity index (χ1n) is 7.85. The minimum Gasteiger partial charge on any atom is -0.496 e. The molecule has 1 aliphatic rings. The number of alkyl halides is 1. The van der Waals surface area contributed by atoms with Crippen molar-refractivity contribution in [1.29, 1.82) is 0 Å². The number of methoxy groups -OCH3 is 1. The molecule has 0 saturated heterocycles. The number of ketones is 1. The summed E-state index contributed by atoms with van der Waals surface area (Å²) in [5, 5.41) is 11.8. The van der Waals surface area contributed by atoms with E-state index in [1.807, 2.05) is 0 Å². The minimum absolute atomic E-state index is 0.0854. The summed E-state index contributed by atoms with van der Waals surface area (Å²) in [4.78, 5) is 21.5. The quantitative estimate of drug-likeness (QED) is 0.261. The average molecular weight is 374 g/mol. The van der Waals surface area contributed by atoms with Crippen LogP contribution in [0.5, 0.6) is 11.5 Å². The second kappa shape index (κ2) is 6.80. The minimum atomic E-state index is -2.49. The molecule has 0 spiro atoms. The van der Waals surface area contributed by atoms with E-state index in [1.165, 1.54) is 13.2 Å². The predicted molar refractivity (Wildman–Crippen MR) is 96.6 cm³/mol. The number of nitro groups is 1. The normalized spacial score (nSPS) is 21.5. The average Bonchev–Trinajstić information content (AvgIpc) is 2.65. The smallest absolute Gasteiger partial charge is 0.397 e. The second-order valence-corrected chi connectivity index (χ2v) is 6.36. The molecule has 2 aromatic carbocycles. The molecule has 0 aliphatic carbocycles. The van der Waals surface area contributed by atoms with Gasteiger partial charge in [0.05, 0.1) is 17.6 Å². The highest BCUT2D eigenvalue weighted by Gasteiger charge is 2.62. The fourth-order valence-electron chi connectivity index (χ4n) is 3.05. The summed E-state index contributed by atoms with van der Waals surface area (Å²) in [5.41, 5.74) is 1.11. The fourth-order valence-corrected chi connectivity index (χ4v) is 3.32. The van der Waals surface area contributed by atoms with E-state index in [9.17, 15) is 14.9 Å². The summed E-state index contributed by atoms with van der Waals surface area (Å²) in [6.45, 7) is 3.69. The number of carbonyl (C=O) groups excluding carboxylic acids is 1. The summed E-state index contributed by atoms with van der Waals surface area (Å²) >= 11 is 6.30. The van der Waals surface area contributed by atoms with Gasteiger partial charge in [-0.15, -0.1) is 6.58 Å². The predicted octanol–water partition coefficient (Wildman–Crippen LogP) is 3.95. The summed E-state index contributed by atoms with van der Waals surface area (Å²) < 4.78 is 11.3. The number of rotatable bonds is 5. The first kappa shape index (κ1) is 17.9. The van der Waals surface area contributed by atoms with Gasteiger partial charge in [-0.3, -0.25) is 14.9 Å². The lowest BCUT2D eigenvalue weighted by Gasteiger charge is -2.34. The number of para-hydroxylation sites is 2. The number of ether oxygens (including phenoxy) is 2. The Balaban J connectivity index is 2.25. The van der Waals surface area contributed by atoms with Gasteiger partial charge in [0, 0.05) is 5.56 Å². The maximum atomic E-state index is 13.0. The van der Waals surface area contributed by atoms with Crippen LogP contribution in [0.1, 0.15) is 27.6 Å². The van der Waals surface area contributed by atoms with Crippen LogP contribution >= 0.6 is 11.6 Å². The largest absolute Gasteiger partial charge is 0.496 e. The van der Waals surface area contributed by atoms with Gasteiger partial charge in [-0.2, -0.15) is 0 Å². The van der Waals surface area contributed by atoms with Crippen molar-refractivity contribution in [2.45, 2.75) is 17.5 Å². The van der Waals surface area contributed by atoms with E-state index in [0.717, 1.165) is 0 Å². The molecule has 2 atom stereocenters. The van der Waals surface area contributed by atoms with E-state index in [1.54, 1.807) is 42.5 Å². The lowest BCUT2D eigenvalue weighted by Crippen LogP contribution is -2.51. The molecule has 2 aromatic rings. The molecule has 0 radical (unpaired) electrons. The maximum Gasteiger partial charge on any atom is 0.397 e. The summed E-state index contributed by atoms with van der Waals surface area (Å²) in [5.74, 6) is -0.180. The van der Waals surface area contributed by atoms with Gasteiger partial charge in [-0.25, -0.2) is 0 Å². The van der Waals surface area contributed by atoms with Crippen molar-refractivity contribution in [2.75, 3.05) is 7.11 Å². The number of Topliss-reactive ketones (excluding diaryl/α,β-unsaturated/α-hetero) is 1. The number of fused-ring (bicyclic) bond motifs is 1. The number of allylic oxidation sites excluding steroid dienone is 1. The van der Waals surface area contributed by atoms with Crippen molar-refractivity contribution in [3.8, 4) is 11.5 Å². The van der Waals surface area contributed by atoms with Gasteiger partial charge in [0.1, 0.15) is 11.5 Å². The number of benzene rings is 2. The molecule has 0 bridgehead atoms. The molecule has 0 unspecified atom stereocenters. The summed E-state index contributed by atoms with van der Waals surface area (Å²) in [6.07, 6.45) is 0.766. The van der Waals surface area contributed by atoms with Gasteiger partial charge < -0.3 is 9.47 Å². The summed E-state index contributed by atoms with van der Waals surface area (Å²) in [7, 11) is 1.43. The Morgan fingerprint density at radius 3 is 2.73 bits per heavy atom. The van der Waals surface area contributed by atoms with E-state index >= 15 is 0 Å². The van der Waals surface area contributed by atoms with Gasteiger partial charge in [0.25, 0.3) is 5.78 Å². The van der Waals surface area contributed by atoms with Crippen LogP contribution in [0, 0.1) is 10.1 Å². The molecule has 0 fully saturated rings.